The van der Waals surface area contributed by atoms with Crippen LogP contribution in [0.4, 0.5) is 0 Å². The summed E-state index contributed by atoms with van der Waals surface area (Å²) in [7, 11) is 2.88. The molecule has 0 aliphatic rings. The molecule has 1 heterocycles. The number of hydrogen-bond donors (Lipinski definition) is 0. The van der Waals surface area contributed by atoms with Crippen LogP contribution in [0.25, 0.3) is 0 Å². The molecule has 6 heteroatoms. The minimum absolute atomic E-state index is 0.0297. The first kappa shape index (κ1) is 10.8. The average molecular weight is 214 g/mol. The van der Waals surface area contributed by atoms with Gasteiger partial charge in [0.25, 0.3) is 5.56 Å². The average Bonchev–Trinajstić information content (AvgIpc) is 2.20. The fraction of sp³-hybridized carbons (Fsp3) is 0.375. The van der Waals surface area contributed by atoms with E-state index in [1.165, 1.54) is 30.4 Å². The third-order valence-electron chi connectivity index (χ3n) is 1.96. The Morgan fingerprint density at radius 2 is 1.79 bits per heavy atom. The molecule has 0 saturated carbocycles. The van der Waals surface area contributed by atoms with Crippen LogP contribution in [0.3, 0.4) is 0 Å². The summed E-state index contributed by atoms with van der Waals surface area (Å²) in [5, 5.41) is 0.396. The van der Waals surface area contributed by atoms with Gasteiger partial charge in [0, 0.05) is 14.1 Å². The third-order valence-corrected chi connectivity index (χ3v) is 2.84. The molecule has 5 nitrogen and oxygen atoms in total. The molecule has 0 amide bonds. The van der Waals surface area contributed by atoms with Crippen molar-refractivity contribution in [2.45, 2.75) is 5.03 Å². The van der Waals surface area contributed by atoms with E-state index in [4.69, 9.17) is 0 Å². The Morgan fingerprint density at radius 1 is 1.21 bits per heavy atom. The molecule has 1 aromatic heterocycles. The van der Waals surface area contributed by atoms with E-state index in [0.717, 1.165) is 4.57 Å². The maximum atomic E-state index is 11.5. The van der Waals surface area contributed by atoms with Gasteiger partial charge in [0.05, 0.1) is 5.03 Å². The van der Waals surface area contributed by atoms with E-state index in [-0.39, 0.29) is 5.56 Å². The molecule has 0 atom stereocenters. The van der Waals surface area contributed by atoms with Crippen molar-refractivity contribution in [1.82, 2.24) is 9.13 Å². The van der Waals surface area contributed by atoms with Gasteiger partial charge >= 0.3 is 5.69 Å². The summed E-state index contributed by atoms with van der Waals surface area (Å²) >= 11 is 1.20. The molecular formula is C8H10N2O3S. The molecule has 0 fully saturated rings. The molecule has 0 aliphatic heterocycles. The number of nitrogens with zero attached hydrogens (tertiary/aromatic N) is 2. The Bertz CT molecular complexity index is 487. The Balaban J connectivity index is 3.84. The SMILES string of the molecule is CSc1c(C=O)c(=O)n(C)c(=O)n1C. The van der Waals surface area contributed by atoms with Gasteiger partial charge in [-0.2, -0.15) is 0 Å². The number of aldehydes is 1. The first-order valence-electron chi connectivity index (χ1n) is 3.83. The van der Waals surface area contributed by atoms with Gasteiger partial charge in [-0.3, -0.25) is 18.7 Å². The topological polar surface area (TPSA) is 61.1 Å². The van der Waals surface area contributed by atoms with Crippen molar-refractivity contribution >= 4 is 18.0 Å². The standard InChI is InChI=1S/C8H10N2O3S/c1-9-6(12)5(4-11)7(14-3)10(2)8(9)13/h4H,1-3H3. The lowest BCUT2D eigenvalue weighted by Crippen LogP contribution is -2.39. The lowest BCUT2D eigenvalue weighted by atomic mass is 10.3. The predicted molar refractivity (Wildman–Crippen MR) is 54.1 cm³/mol. The molecule has 1 rings (SSSR count). The molecule has 0 bridgehead atoms. The van der Waals surface area contributed by atoms with Crippen molar-refractivity contribution < 1.29 is 4.79 Å². The minimum Gasteiger partial charge on any atom is -0.298 e. The maximum Gasteiger partial charge on any atom is 0.331 e. The van der Waals surface area contributed by atoms with Crippen LogP contribution in [0.15, 0.2) is 14.6 Å². The smallest absolute Gasteiger partial charge is 0.298 e. The van der Waals surface area contributed by atoms with Crippen LogP contribution in [0.2, 0.25) is 0 Å². The zero-order valence-electron chi connectivity index (χ0n) is 8.10. The Hall–Kier alpha value is -1.30. The highest BCUT2D eigenvalue weighted by Crippen LogP contribution is 2.12. The Morgan fingerprint density at radius 3 is 2.21 bits per heavy atom. The largest absolute Gasteiger partial charge is 0.331 e. The van der Waals surface area contributed by atoms with Gasteiger partial charge in [-0.25, -0.2) is 4.79 Å². The molecule has 0 aromatic carbocycles. The molecule has 0 radical (unpaired) electrons. The fourth-order valence-corrected chi connectivity index (χ4v) is 1.91. The van der Waals surface area contributed by atoms with E-state index in [9.17, 15) is 14.4 Å². The van der Waals surface area contributed by atoms with Crippen LogP contribution >= 0.6 is 11.8 Å². The van der Waals surface area contributed by atoms with Crippen LogP contribution in [0.5, 0.6) is 0 Å². The summed E-state index contributed by atoms with van der Waals surface area (Å²) in [5.41, 5.74) is -0.945. The van der Waals surface area contributed by atoms with E-state index < -0.39 is 11.2 Å². The van der Waals surface area contributed by atoms with Crippen LogP contribution in [-0.4, -0.2) is 21.7 Å². The summed E-state index contributed by atoms with van der Waals surface area (Å²) in [6.07, 6.45) is 2.19. The van der Waals surface area contributed by atoms with Gasteiger partial charge in [0.2, 0.25) is 0 Å². The van der Waals surface area contributed by atoms with E-state index in [2.05, 4.69) is 0 Å². The van der Waals surface area contributed by atoms with Gasteiger partial charge in [0.15, 0.2) is 6.29 Å². The third kappa shape index (κ3) is 1.41. The Kier molecular flexibility index (Phi) is 2.95. The van der Waals surface area contributed by atoms with E-state index in [0.29, 0.717) is 11.3 Å². The van der Waals surface area contributed by atoms with Gasteiger partial charge in [0.1, 0.15) is 5.56 Å². The van der Waals surface area contributed by atoms with Crippen LogP contribution in [0.1, 0.15) is 10.4 Å². The van der Waals surface area contributed by atoms with Crippen molar-refractivity contribution in [3.05, 3.63) is 26.4 Å². The van der Waals surface area contributed by atoms with E-state index >= 15 is 0 Å². The summed E-state index contributed by atoms with van der Waals surface area (Å²) in [4.78, 5) is 33.6. The fourth-order valence-electron chi connectivity index (χ4n) is 1.20. The lowest BCUT2D eigenvalue weighted by molar-refractivity contribution is 0.111. The summed E-state index contributed by atoms with van der Waals surface area (Å²) in [6.45, 7) is 0. The molecule has 14 heavy (non-hydrogen) atoms. The van der Waals surface area contributed by atoms with Crippen molar-refractivity contribution in [3.8, 4) is 0 Å². The number of rotatable bonds is 2. The molecule has 0 aliphatic carbocycles. The highest BCUT2D eigenvalue weighted by molar-refractivity contribution is 7.98. The molecule has 1 aromatic rings. The zero-order chi connectivity index (χ0) is 10.9. The summed E-state index contributed by atoms with van der Waals surface area (Å²) < 4.78 is 2.21. The second-order valence-electron chi connectivity index (χ2n) is 2.75. The van der Waals surface area contributed by atoms with Gasteiger partial charge in [-0.05, 0) is 6.26 Å². The molecular weight excluding hydrogens is 204 g/mol. The molecule has 0 spiro atoms. The second kappa shape index (κ2) is 3.83. The van der Waals surface area contributed by atoms with E-state index in [1.807, 2.05) is 0 Å². The highest BCUT2D eigenvalue weighted by Gasteiger charge is 2.13. The molecule has 0 unspecified atom stereocenters. The van der Waals surface area contributed by atoms with Crippen LogP contribution < -0.4 is 11.2 Å². The van der Waals surface area contributed by atoms with Gasteiger partial charge in [-0.15, -0.1) is 11.8 Å². The lowest BCUT2D eigenvalue weighted by Gasteiger charge is -2.08. The first-order valence-corrected chi connectivity index (χ1v) is 5.06. The van der Waals surface area contributed by atoms with Gasteiger partial charge in [-0.1, -0.05) is 0 Å². The highest BCUT2D eigenvalue weighted by atomic mass is 32.2. The van der Waals surface area contributed by atoms with Crippen molar-refractivity contribution in [3.63, 3.8) is 0 Å². The molecule has 0 saturated heterocycles. The quantitative estimate of drug-likeness (QED) is 0.382. The van der Waals surface area contributed by atoms with Crippen molar-refractivity contribution in [1.29, 1.82) is 0 Å². The van der Waals surface area contributed by atoms with Crippen LogP contribution in [0, 0.1) is 0 Å². The normalized spacial score (nSPS) is 10.2. The Labute approximate surface area is 84.4 Å². The minimum atomic E-state index is -0.549. The predicted octanol–water partition coefficient (Wildman–Crippen LogP) is -0.382. The number of carbonyl (C=O) groups excluding carboxylic acids is 1. The number of carbonyl (C=O) groups is 1. The summed E-state index contributed by atoms with van der Waals surface area (Å²) in [5.74, 6) is 0. The zero-order valence-corrected chi connectivity index (χ0v) is 8.92. The first-order chi connectivity index (χ1) is 6.54. The van der Waals surface area contributed by atoms with Crippen molar-refractivity contribution in [2.75, 3.05) is 6.26 Å². The van der Waals surface area contributed by atoms with Crippen molar-refractivity contribution in [2.24, 2.45) is 14.1 Å². The number of hydrogen-bond acceptors (Lipinski definition) is 4. The monoisotopic (exact) mass is 214 g/mol. The molecule has 76 valence electrons. The summed E-state index contributed by atoms with van der Waals surface area (Å²) in [6, 6.07) is 0. The second-order valence-corrected chi connectivity index (χ2v) is 3.54. The maximum absolute atomic E-state index is 11.5. The molecule has 0 N–H and O–H groups in total. The number of aromatic nitrogens is 2. The van der Waals surface area contributed by atoms with Gasteiger partial charge < -0.3 is 0 Å². The van der Waals surface area contributed by atoms with Crippen LogP contribution in [-0.2, 0) is 14.1 Å². The number of thioether (sulfide) groups is 1. The van der Waals surface area contributed by atoms with E-state index in [1.54, 1.807) is 6.26 Å².